The molecule has 0 aliphatic rings. The number of hydrogen-bond acceptors (Lipinski definition) is 7. The molecule has 8 nitrogen and oxygen atoms in total. The van der Waals surface area contributed by atoms with Gasteiger partial charge in [0.05, 0.1) is 5.56 Å². The SMILES string of the molecule is Cc1ccc(-c2nc(-c3ccc(C[C@@H](NC(=O)c4ccc(-c5ccc(F)c(C)c5)o4)OC=O)cc3F)no2)cc1. The fourth-order valence-corrected chi connectivity index (χ4v) is 4.06. The second-order valence-electron chi connectivity index (χ2n) is 9.13. The smallest absolute Gasteiger partial charge is 0.295 e. The third-order valence-electron chi connectivity index (χ3n) is 6.20. The molecule has 0 aliphatic heterocycles. The number of carbonyl (C=O) groups is 2. The number of nitrogens with zero attached hydrogens (tertiary/aromatic N) is 2. The lowest BCUT2D eigenvalue weighted by atomic mass is 10.1. The minimum absolute atomic E-state index is 0.0206. The van der Waals surface area contributed by atoms with Crippen molar-refractivity contribution in [3.05, 3.63) is 107 Å². The van der Waals surface area contributed by atoms with Gasteiger partial charge in [-0.15, -0.1) is 0 Å². The Morgan fingerprint density at radius 3 is 2.48 bits per heavy atom. The lowest BCUT2D eigenvalue weighted by Crippen LogP contribution is -2.38. The van der Waals surface area contributed by atoms with Gasteiger partial charge in [-0.2, -0.15) is 4.98 Å². The second kappa shape index (κ2) is 11.3. The van der Waals surface area contributed by atoms with E-state index in [2.05, 4.69) is 15.5 Å². The van der Waals surface area contributed by atoms with Crippen molar-refractivity contribution < 1.29 is 32.0 Å². The number of aryl methyl sites for hydroxylation is 2. The average molecular weight is 544 g/mol. The van der Waals surface area contributed by atoms with Gasteiger partial charge in [0.25, 0.3) is 18.3 Å². The second-order valence-corrected chi connectivity index (χ2v) is 9.13. The minimum atomic E-state index is -1.10. The average Bonchev–Trinajstić information content (AvgIpc) is 3.62. The Hall–Kier alpha value is -5.12. The number of ether oxygens (including phenoxy) is 1. The molecule has 0 radical (unpaired) electrons. The maximum Gasteiger partial charge on any atom is 0.295 e. The summed E-state index contributed by atoms with van der Waals surface area (Å²) in [6, 6.07) is 19.3. The highest BCUT2D eigenvalue weighted by Gasteiger charge is 2.20. The highest BCUT2D eigenvalue weighted by molar-refractivity contribution is 5.92. The summed E-state index contributed by atoms with van der Waals surface area (Å²) in [7, 11) is 0. The maximum absolute atomic E-state index is 15.0. The molecule has 202 valence electrons. The fraction of sp³-hybridized carbons (Fsp3) is 0.133. The van der Waals surface area contributed by atoms with Crippen molar-refractivity contribution in [2.75, 3.05) is 0 Å². The van der Waals surface area contributed by atoms with E-state index >= 15 is 4.39 Å². The van der Waals surface area contributed by atoms with Crippen LogP contribution in [0.5, 0.6) is 0 Å². The number of furan rings is 1. The topological polar surface area (TPSA) is 107 Å². The summed E-state index contributed by atoms with van der Waals surface area (Å²) in [5.74, 6) is -0.948. The van der Waals surface area contributed by atoms with E-state index in [0.29, 0.717) is 28.0 Å². The van der Waals surface area contributed by atoms with Crippen LogP contribution in [0, 0.1) is 25.5 Å². The van der Waals surface area contributed by atoms with Crippen molar-refractivity contribution in [3.63, 3.8) is 0 Å². The Bertz CT molecular complexity index is 1680. The molecule has 0 fully saturated rings. The predicted octanol–water partition coefficient (Wildman–Crippen LogP) is 6.03. The molecule has 1 N–H and O–H groups in total. The lowest BCUT2D eigenvalue weighted by molar-refractivity contribution is -0.134. The van der Waals surface area contributed by atoms with E-state index in [1.807, 2.05) is 31.2 Å². The van der Waals surface area contributed by atoms with Crippen LogP contribution in [0.15, 0.2) is 81.7 Å². The minimum Gasteiger partial charge on any atom is -0.451 e. The van der Waals surface area contributed by atoms with Gasteiger partial charge in [0.2, 0.25) is 5.82 Å². The van der Waals surface area contributed by atoms with E-state index in [9.17, 15) is 14.0 Å². The van der Waals surface area contributed by atoms with E-state index in [1.165, 1.54) is 30.3 Å². The summed E-state index contributed by atoms with van der Waals surface area (Å²) in [6.07, 6.45) is -1.12. The predicted molar refractivity (Wildman–Crippen MR) is 141 cm³/mol. The molecule has 40 heavy (non-hydrogen) atoms. The van der Waals surface area contributed by atoms with E-state index in [-0.39, 0.29) is 41.7 Å². The Morgan fingerprint density at radius 1 is 0.975 bits per heavy atom. The number of nitrogens with one attached hydrogen (secondary N) is 1. The van der Waals surface area contributed by atoms with Crippen LogP contribution in [0.2, 0.25) is 0 Å². The molecule has 0 aliphatic carbocycles. The molecule has 0 bridgehead atoms. The summed E-state index contributed by atoms with van der Waals surface area (Å²) in [4.78, 5) is 28.1. The summed E-state index contributed by atoms with van der Waals surface area (Å²) < 4.78 is 44.5. The molecule has 5 rings (SSSR count). The summed E-state index contributed by atoms with van der Waals surface area (Å²) in [6.45, 7) is 3.77. The molecule has 10 heteroatoms. The fourth-order valence-electron chi connectivity index (χ4n) is 4.06. The van der Waals surface area contributed by atoms with Gasteiger partial charge in [-0.1, -0.05) is 28.9 Å². The first-order chi connectivity index (χ1) is 19.3. The normalized spacial score (nSPS) is 11.7. The molecule has 0 spiro atoms. The first kappa shape index (κ1) is 26.5. The van der Waals surface area contributed by atoms with E-state index in [4.69, 9.17) is 13.7 Å². The van der Waals surface area contributed by atoms with E-state index in [1.54, 1.807) is 25.1 Å². The first-order valence-electron chi connectivity index (χ1n) is 12.3. The van der Waals surface area contributed by atoms with Crippen molar-refractivity contribution >= 4 is 12.4 Å². The van der Waals surface area contributed by atoms with Crippen LogP contribution < -0.4 is 5.32 Å². The molecule has 1 amide bonds. The van der Waals surface area contributed by atoms with Gasteiger partial charge < -0.3 is 19.0 Å². The summed E-state index contributed by atoms with van der Waals surface area (Å²) in [5, 5.41) is 6.44. The van der Waals surface area contributed by atoms with Gasteiger partial charge in [0.15, 0.2) is 12.0 Å². The van der Waals surface area contributed by atoms with Crippen molar-refractivity contribution in [2.24, 2.45) is 0 Å². The Labute approximate surface area is 227 Å². The number of benzene rings is 3. The molecule has 0 saturated heterocycles. The van der Waals surface area contributed by atoms with Crippen LogP contribution in [-0.2, 0) is 16.0 Å². The van der Waals surface area contributed by atoms with Crippen molar-refractivity contribution in [1.29, 1.82) is 0 Å². The molecule has 5 aromatic rings. The largest absolute Gasteiger partial charge is 0.451 e. The molecule has 3 aromatic carbocycles. The zero-order chi connectivity index (χ0) is 28.2. The van der Waals surface area contributed by atoms with Crippen LogP contribution in [0.3, 0.4) is 0 Å². The third-order valence-corrected chi connectivity index (χ3v) is 6.20. The van der Waals surface area contributed by atoms with Gasteiger partial charge in [-0.25, -0.2) is 8.78 Å². The van der Waals surface area contributed by atoms with Crippen molar-refractivity contribution in [1.82, 2.24) is 15.5 Å². The lowest BCUT2D eigenvalue weighted by Gasteiger charge is -2.16. The summed E-state index contributed by atoms with van der Waals surface area (Å²) in [5.41, 5.74) is 3.39. The van der Waals surface area contributed by atoms with Crippen LogP contribution in [0.4, 0.5) is 8.78 Å². The number of carbonyl (C=O) groups excluding carboxylic acids is 2. The van der Waals surface area contributed by atoms with E-state index in [0.717, 1.165) is 5.56 Å². The maximum atomic E-state index is 15.0. The zero-order valence-corrected chi connectivity index (χ0v) is 21.5. The Kier molecular flexibility index (Phi) is 7.50. The highest BCUT2D eigenvalue weighted by Crippen LogP contribution is 2.26. The summed E-state index contributed by atoms with van der Waals surface area (Å²) >= 11 is 0. The molecule has 0 unspecified atom stereocenters. The Morgan fingerprint density at radius 2 is 1.75 bits per heavy atom. The number of hydrogen-bond donors (Lipinski definition) is 1. The van der Waals surface area contributed by atoms with Crippen LogP contribution in [0.25, 0.3) is 34.2 Å². The standard InChI is InChI=1S/C30H23F2N3O5/c1-17-3-6-20(7-4-17)30-34-28(35-40-30)22-9-5-19(14-24(22)32)15-27(38-16-36)33-29(37)26-12-11-25(39-26)21-8-10-23(31)18(2)13-21/h3-14,16,27H,15H2,1-2H3,(H,33,37)/t27-/m0/s1. The van der Waals surface area contributed by atoms with Crippen molar-refractivity contribution in [2.45, 2.75) is 26.5 Å². The van der Waals surface area contributed by atoms with Crippen LogP contribution in [-0.4, -0.2) is 28.7 Å². The first-order valence-corrected chi connectivity index (χ1v) is 12.3. The highest BCUT2D eigenvalue weighted by atomic mass is 19.1. The van der Waals surface area contributed by atoms with E-state index < -0.39 is 18.0 Å². The van der Waals surface area contributed by atoms with Crippen molar-refractivity contribution in [3.8, 4) is 34.2 Å². The van der Waals surface area contributed by atoms with Gasteiger partial charge in [-0.3, -0.25) is 9.59 Å². The number of amides is 1. The Balaban J connectivity index is 1.27. The quantitative estimate of drug-likeness (QED) is 0.179. The molecular formula is C30H23F2N3O5. The molecule has 1 atom stereocenters. The van der Waals surface area contributed by atoms with Crippen LogP contribution >= 0.6 is 0 Å². The molecule has 2 heterocycles. The number of rotatable bonds is 9. The zero-order valence-electron chi connectivity index (χ0n) is 21.5. The monoisotopic (exact) mass is 543 g/mol. The third kappa shape index (κ3) is 5.80. The molecule has 2 aromatic heterocycles. The molecular weight excluding hydrogens is 520 g/mol. The molecule has 0 saturated carbocycles. The van der Waals surface area contributed by atoms with Crippen LogP contribution in [0.1, 0.15) is 27.2 Å². The van der Waals surface area contributed by atoms with Gasteiger partial charge in [0.1, 0.15) is 17.4 Å². The van der Waals surface area contributed by atoms with Gasteiger partial charge in [0, 0.05) is 17.5 Å². The number of halogens is 2. The number of aromatic nitrogens is 2. The van der Waals surface area contributed by atoms with Gasteiger partial charge >= 0.3 is 0 Å². The van der Waals surface area contributed by atoms with Gasteiger partial charge in [-0.05, 0) is 79.6 Å².